The molecular formula is C13H18N2O5S. The summed E-state index contributed by atoms with van der Waals surface area (Å²) in [4.78, 5) is 21.8. The third-order valence-corrected chi connectivity index (χ3v) is 4.55. The fraction of sp³-hybridized carbons (Fsp3) is 0.462. The Hall–Kier alpha value is -1.80. The van der Waals surface area contributed by atoms with Crippen LogP contribution in [0, 0.1) is 22.5 Å². The van der Waals surface area contributed by atoms with Gasteiger partial charge in [-0.25, -0.2) is 13.1 Å². The summed E-state index contributed by atoms with van der Waals surface area (Å²) in [6.07, 6.45) is 0. The number of hydrogen-bond donors (Lipinski definition) is 1. The summed E-state index contributed by atoms with van der Waals surface area (Å²) in [5, 5.41) is 10.8. The van der Waals surface area contributed by atoms with Gasteiger partial charge in [0.2, 0.25) is 10.0 Å². The van der Waals surface area contributed by atoms with Gasteiger partial charge in [-0.1, -0.05) is 26.8 Å². The van der Waals surface area contributed by atoms with Crippen molar-refractivity contribution in [3.05, 3.63) is 33.9 Å². The van der Waals surface area contributed by atoms with E-state index in [-0.39, 0.29) is 28.5 Å². The van der Waals surface area contributed by atoms with Crippen molar-refractivity contribution in [2.75, 3.05) is 6.54 Å². The van der Waals surface area contributed by atoms with E-state index in [0.29, 0.717) is 0 Å². The minimum Gasteiger partial charge on any atom is -0.298 e. The van der Waals surface area contributed by atoms with Gasteiger partial charge in [0.05, 0.1) is 16.4 Å². The maximum absolute atomic E-state index is 12.2. The van der Waals surface area contributed by atoms with Crippen LogP contribution in [0.2, 0.25) is 0 Å². The Kier molecular flexibility index (Phi) is 4.85. The number of carbonyl (C=O) groups is 1. The molecule has 0 amide bonds. The second-order valence-corrected chi connectivity index (χ2v) is 7.39. The monoisotopic (exact) mass is 314 g/mol. The van der Waals surface area contributed by atoms with Gasteiger partial charge in [0.1, 0.15) is 0 Å². The van der Waals surface area contributed by atoms with E-state index in [1.807, 2.05) is 0 Å². The van der Waals surface area contributed by atoms with E-state index in [0.717, 1.165) is 0 Å². The van der Waals surface area contributed by atoms with Gasteiger partial charge in [-0.3, -0.25) is 14.9 Å². The molecule has 0 unspecified atom stereocenters. The minimum absolute atomic E-state index is 0.0400. The van der Waals surface area contributed by atoms with Crippen molar-refractivity contribution >= 4 is 21.5 Å². The highest BCUT2D eigenvalue weighted by atomic mass is 32.2. The number of Topliss-reactive ketones (excluding diaryl/α,β-unsaturated/α-hetero) is 1. The average molecular weight is 314 g/mol. The molecule has 0 aliphatic carbocycles. The number of ketones is 1. The van der Waals surface area contributed by atoms with Crippen LogP contribution in [-0.4, -0.2) is 25.7 Å². The molecule has 1 N–H and O–H groups in total. The molecule has 0 bridgehead atoms. The van der Waals surface area contributed by atoms with Crippen LogP contribution in [0.25, 0.3) is 0 Å². The summed E-state index contributed by atoms with van der Waals surface area (Å²) in [7, 11) is -3.98. The maximum Gasteiger partial charge on any atom is 0.273 e. The fourth-order valence-corrected chi connectivity index (χ4v) is 2.84. The van der Waals surface area contributed by atoms with Crippen molar-refractivity contribution in [2.45, 2.75) is 32.6 Å². The molecule has 0 aliphatic heterocycles. The number of hydrogen-bond acceptors (Lipinski definition) is 5. The number of rotatable bonds is 5. The number of benzene rings is 1. The topological polar surface area (TPSA) is 106 Å². The average Bonchev–Trinajstić information content (AvgIpc) is 2.34. The molecule has 1 aromatic carbocycles. The maximum atomic E-state index is 12.2. The van der Waals surface area contributed by atoms with Gasteiger partial charge >= 0.3 is 0 Å². The molecule has 1 rings (SSSR count). The highest BCUT2D eigenvalue weighted by Crippen LogP contribution is 2.24. The number of nitro groups is 1. The summed E-state index contributed by atoms with van der Waals surface area (Å²) in [5.41, 5.74) is -0.904. The number of nitro benzene ring substituents is 1. The van der Waals surface area contributed by atoms with E-state index in [1.165, 1.54) is 25.1 Å². The summed E-state index contributed by atoms with van der Waals surface area (Å²) in [6, 6.07) is 3.80. The fourth-order valence-electron chi connectivity index (χ4n) is 1.60. The third-order valence-electron chi connectivity index (χ3n) is 3.00. The van der Waals surface area contributed by atoms with E-state index >= 15 is 0 Å². The first kappa shape index (κ1) is 17.3. The second-order valence-electron chi connectivity index (χ2n) is 5.66. The molecule has 0 spiro atoms. The molecule has 0 heterocycles. The molecule has 0 atom stereocenters. The Balaban J connectivity index is 3.08. The standard InChI is InChI=1S/C13H18N2O5S/c1-9-10(15(17)18)6-5-7-11(9)21(19,20)14-8-12(16)13(2,3)4/h5-7,14H,8H2,1-4H3. The predicted octanol–water partition coefficient (Wildman–Crippen LogP) is 1.80. The van der Waals surface area contributed by atoms with Crippen LogP contribution in [0.4, 0.5) is 5.69 Å². The largest absolute Gasteiger partial charge is 0.298 e. The van der Waals surface area contributed by atoms with Gasteiger partial charge in [0, 0.05) is 17.0 Å². The number of sulfonamides is 1. The van der Waals surface area contributed by atoms with E-state index < -0.39 is 20.4 Å². The minimum atomic E-state index is -3.98. The lowest BCUT2D eigenvalue weighted by Gasteiger charge is -2.17. The van der Waals surface area contributed by atoms with Crippen molar-refractivity contribution in [3.63, 3.8) is 0 Å². The summed E-state index contributed by atoms with van der Waals surface area (Å²) < 4.78 is 26.5. The Morgan fingerprint density at radius 1 is 1.33 bits per heavy atom. The molecule has 116 valence electrons. The quantitative estimate of drug-likeness (QED) is 0.658. The van der Waals surface area contributed by atoms with Gasteiger partial charge in [-0.15, -0.1) is 0 Å². The zero-order valence-electron chi connectivity index (χ0n) is 12.3. The van der Waals surface area contributed by atoms with E-state index in [2.05, 4.69) is 4.72 Å². The first-order chi connectivity index (χ1) is 9.47. The lowest BCUT2D eigenvalue weighted by molar-refractivity contribution is -0.385. The molecule has 0 fully saturated rings. The third kappa shape index (κ3) is 4.08. The Labute approximate surface area is 123 Å². The molecule has 8 heteroatoms. The van der Waals surface area contributed by atoms with Crippen LogP contribution in [0.5, 0.6) is 0 Å². The smallest absolute Gasteiger partial charge is 0.273 e. The lowest BCUT2D eigenvalue weighted by Crippen LogP contribution is -2.35. The van der Waals surface area contributed by atoms with Crippen molar-refractivity contribution in [3.8, 4) is 0 Å². The van der Waals surface area contributed by atoms with Crippen LogP contribution in [0.3, 0.4) is 0 Å². The van der Waals surface area contributed by atoms with Gasteiger partial charge in [0.15, 0.2) is 5.78 Å². The molecule has 1 aromatic rings. The SMILES string of the molecule is Cc1c([N+](=O)[O-])cccc1S(=O)(=O)NCC(=O)C(C)(C)C. The van der Waals surface area contributed by atoms with Crippen LogP contribution in [0.15, 0.2) is 23.1 Å². The van der Waals surface area contributed by atoms with Crippen LogP contribution in [0.1, 0.15) is 26.3 Å². The first-order valence-corrected chi connectivity index (χ1v) is 7.72. The Morgan fingerprint density at radius 2 is 1.90 bits per heavy atom. The summed E-state index contributed by atoms with van der Waals surface area (Å²) >= 11 is 0. The van der Waals surface area contributed by atoms with Gasteiger partial charge in [-0.05, 0) is 13.0 Å². The van der Waals surface area contributed by atoms with Gasteiger partial charge < -0.3 is 0 Å². The van der Waals surface area contributed by atoms with E-state index in [1.54, 1.807) is 20.8 Å². The van der Waals surface area contributed by atoms with Crippen LogP contribution < -0.4 is 4.72 Å². The van der Waals surface area contributed by atoms with Crippen LogP contribution >= 0.6 is 0 Å². The lowest BCUT2D eigenvalue weighted by atomic mass is 9.91. The van der Waals surface area contributed by atoms with Crippen molar-refractivity contribution < 1.29 is 18.1 Å². The summed E-state index contributed by atoms with van der Waals surface area (Å²) in [5.74, 6) is -0.269. The van der Waals surface area contributed by atoms with Crippen molar-refractivity contribution in [1.82, 2.24) is 4.72 Å². The van der Waals surface area contributed by atoms with E-state index in [4.69, 9.17) is 0 Å². The normalized spacial score (nSPS) is 12.2. The molecule has 0 aliphatic rings. The number of nitrogens with zero attached hydrogens (tertiary/aromatic N) is 1. The molecular weight excluding hydrogens is 296 g/mol. The van der Waals surface area contributed by atoms with Gasteiger partial charge in [-0.2, -0.15) is 0 Å². The molecule has 0 saturated heterocycles. The molecule has 7 nitrogen and oxygen atoms in total. The van der Waals surface area contributed by atoms with E-state index in [9.17, 15) is 23.3 Å². The Bertz CT molecular complexity index is 674. The zero-order valence-corrected chi connectivity index (χ0v) is 13.2. The molecule has 0 radical (unpaired) electrons. The highest BCUT2D eigenvalue weighted by Gasteiger charge is 2.26. The summed E-state index contributed by atoms with van der Waals surface area (Å²) in [6.45, 7) is 6.05. The zero-order chi connectivity index (χ0) is 16.4. The van der Waals surface area contributed by atoms with Crippen LogP contribution in [-0.2, 0) is 14.8 Å². The molecule has 21 heavy (non-hydrogen) atoms. The highest BCUT2D eigenvalue weighted by molar-refractivity contribution is 7.89. The van der Waals surface area contributed by atoms with Crippen molar-refractivity contribution in [2.24, 2.45) is 5.41 Å². The Morgan fingerprint density at radius 3 is 2.38 bits per heavy atom. The second kappa shape index (κ2) is 5.90. The van der Waals surface area contributed by atoms with Crippen molar-refractivity contribution in [1.29, 1.82) is 0 Å². The molecule has 0 aromatic heterocycles. The number of nitrogens with one attached hydrogen (secondary N) is 1. The molecule has 0 saturated carbocycles. The predicted molar refractivity (Wildman–Crippen MR) is 77.5 cm³/mol. The van der Waals surface area contributed by atoms with Gasteiger partial charge in [0.25, 0.3) is 5.69 Å². The number of carbonyl (C=O) groups excluding carboxylic acids is 1. The first-order valence-electron chi connectivity index (χ1n) is 6.24.